The topological polar surface area (TPSA) is 42.7 Å². The van der Waals surface area contributed by atoms with Crippen LogP contribution in [0.2, 0.25) is 0 Å². The number of rotatable bonds is 3. The van der Waals surface area contributed by atoms with Gasteiger partial charge in [0.05, 0.1) is 17.9 Å². The van der Waals surface area contributed by atoms with Crippen LogP contribution < -0.4 is 5.32 Å². The molecule has 0 saturated carbocycles. The van der Waals surface area contributed by atoms with Crippen LogP contribution in [0.4, 0.5) is 5.69 Å². The molecule has 0 amide bonds. The lowest BCUT2D eigenvalue weighted by Crippen LogP contribution is -2.05. The van der Waals surface area contributed by atoms with Crippen LogP contribution in [0.3, 0.4) is 0 Å². The molecule has 2 heterocycles. The number of hydrogen-bond donors (Lipinski definition) is 1. The zero-order valence-electron chi connectivity index (χ0n) is 8.94. The first-order chi connectivity index (χ1) is 7.25. The molecule has 1 N–H and O–H groups in total. The molecule has 78 valence electrons. The van der Waals surface area contributed by atoms with Gasteiger partial charge in [0.2, 0.25) is 0 Å². The quantitative estimate of drug-likeness (QED) is 0.824. The SMILES string of the molecule is Cc1cncc(NCc2ccnn2C)c1. The van der Waals surface area contributed by atoms with Gasteiger partial charge in [-0.25, -0.2) is 0 Å². The molecule has 0 aliphatic carbocycles. The van der Waals surface area contributed by atoms with Gasteiger partial charge in [-0.2, -0.15) is 5.10 Å². The lowest BCUT2D eigenvalue weighted by molar-refractivity contribution is 0.720. The zero-order chi connectivity index (χ0) is 10.7. The first-order valence-corrected chi connectivity index (χ1v) is 4.88. The number of hydrogen-bond acceptors (Lipinski definition) is 3. The minimum Gasteiger partial charge on any atom is -0.378 e. The first kappa shape index (κ1) is 9.71. The van der Waals surface area contributed by atoms with Gasteiger partial charge >= 0.3 is 0 Å². The van der Waals surface area contributed by atoms with Crippen molar-refractivity contribution >= 4 is 5.69 Å². The third kappa shape index (κ3) is 2.34. The van der Waals surface area contributed by atoms with E-state index < -0.39 is 0 Å². The number of anilines is 1. The van der Waals surface area contributed by atoms with Crippen LogP contribution in [-0.4, -0.2) is 14.8 Å². The molecule has 0 radical (unpaired) electrons. The monoisotopic (exact) mass is 202 g/mol. The molecule has 4 nitrogen and oxygen atoms in total. The largest absolute Gasteiger partial charge is 0.378 e. The Kier molecular flexibility index (Phi) is 2.67. The lowest BCUT2D eigenvalue weighted by atomic mass is 10.3. The average Bonchev–Trinajstić information content (AvgIpc) is 2.61. The van der Waals surface area contributed by atoms with E-state index in [1.54, 1.807) is 6.20 Å². The summed E-state index contributed by atoms with van der Waals surface area (Å²) < 4.78 is 1.86. The predicted octanol–water partition coefficient (Wildman–Crippen LogP) is 1.74. The number of nitrogens with zero attached hydrogens (tertiary/aromatic N) is 3. The molecule has 2 aromatic heterocycles. The highest BCUT2D eigenvalue weighted by molar-refractivity contribution is 5.42. The van der Waals surface area contributed by atoms with Crippen LogP contribution in [0, 0.1) is 6.92 Å². The van der Waals surface area contributed by atoms with Crippen LogP contribution >= 0.6 is 0 Å². The van der Waals surface area contributed by atoms with Gasteiger partial charge in [0, 0.05) is 25.6 Å². The van der Waals surface area contributed by atoms with Crippen LogP contribution in [0.1, 0.15) is 11.3 Å². The molecule has 0 unspecified atom stereocenters. The van der Waals surface area contributed by atoms with Crippen molar-refractivity contribution in [3.63, 3.8) is 0 Å². The van der Waals surface area contributed by atoms with Crippen LogP contribution in [0.25, 0.3) is 0 Å². The molecular formula is C11H14N4. The number of pyridine rings is 1. The van der Waals surface area contributed by atoms with Crippen molar-refractivity contribution in [2.75, 3.05) is 5.32 Å². The van der Waals surface area contributed by atoms with Crippen LogP contribution in [-0.2, 0) is 13.6 Å². The lowest BCUT2D eigenvalue weighted by Gasteiger charge is -2.06. The van der Waals surface area contributed by atoms with E-state index in [1.807, 2.05) is 37.1 Å². The van der Waals surface area contributed by atoms with Gasteiger partial charge in [0.25, 0.3) is 0 Å². The zero-order valence-corrected chi connectivity index (χ0v) is 8.94. The number of nitrogens with one attached hydrogen (secondary N) is 1. The van der Waals surface area contributed by atoms with E-state index in [0.717, 1.165) is 23.5 Å². The summed E-state index contributed by atoms with van der Waals surface area (Å²) in [7, 11) is 1.94. The third-order valence-electron chi connectivity index (χ3n) is 2.27. The Hall–Kier alpha value is -1.84. The maximum atomic E-state index is 4.12. The number of aryl methyl sites for hydroxylation is 2. The summed E-state index contributed by atoms with van der Waals surface area (Å²) in [5.74, 6) is 0. The van der Waals surface area contributed by atoms with Gasteiger partial charge in [-0.05, 0) is 24.6 Å². The normalized spacial score (nSPS) is 10.3. The molecule has 0 aliphatic heterocycles. The predicted molar refractivity (Wildman–Crippen MR) is 59.5 cm³/mol. The summed E-state index contributed by atoms with van der Waals surface area (Å²) in [4.78, 5) is 4.12. The summed E-state index contributed by atoms with van der Waals surface area (Å²) in [6.45, 7) is 2.80. The smallest absolute Gasteiger partial charge is 0.0571 e. The van der Waals surface area contributed by atoms with Crippen molar-refractivity contribution in [3.05, 3.63) is 42.0 Å². The second-order valence-corrected chi connectivity index (χ2v) is 3.55. The van der Waals surface area contributed by atoms with E-state index in [0.29, 0.717) is 0 Å². The molecule has 0 fully saturated rings. The minimum atomic E-state index is 0.766. The Balaban J connectivity index is 2.02. The second kappa shape index (κ2) is 4.13. The van der Waals surface area contributed by atoms with Crippen molar-refractivity contribution in [3.8, 4) is 0 Å². The van der Waals surface area contributed by atoms with E-state index in [2.05, 4.69) is 21.5 Å². The maximum absolute atomic E-state index is 4.12. The van der Waals surface area contributed by atoms with Crippen molar-refractivity contribution in [1.82, 2.24) is 14.8 Å². The van der Waals surface area contributed by atoms with E-state index in [-0.39, 0.29) is 0 Å². The van der Waals surface area contributed by atoms with Crippen molar-refractivity contribution in [2.24, 2.45) is 7.05 Å². The van der Waals surface area contributed by atoms with E-state index in [9.17, 15) is 0 Å². The minimum absolute atomic E-state index is 0.766. The molecule has 0 aliphatic rings. The molecule has 0 saturated heterocycles. The van der Waals surface area contributed by atoms with Gasteiger partial charge in [-0.1, -0.05) is 0 Å². The van der Waals surface area contributed by atoms with Gasteiger partial charge < -0.3 is 5.32 Å². The van der Waals surface area contributed by atoms with Gasteiger partial charge in [0.15, 0.2) is 0 Å². The van der Waals surface area contributed by atoms with E-state index >= 15 is 0 Å². The molecule has 0 bridgehead atoms. The summed E-state index contributed by atoms with van der Waals surface area (Å²) in [6, 6.07) is 4.07. The Labute approximate surface area is 89.0 Å². The molecule has 2 rings (SSSR count). The molecule has 0 atom stereocenters. The summed E-state index contributed by atoms with van der Waals surface area (Å²) in [6.07, 6.45) is 5.46. The summed E-state index contributed by atoms with van der Waals surface area (Å²) >= 11 is 0. The molecule has 2 aromatic rings. The summed E-state index contributed by atoms with van der Waals surface area (Å²) in [5.41, 5.74) is 3.35. The van der Waals surface area contributed by atoms with Gasteiger partial charge in [-0.15, -0.1) is 0 Å². The molecule has 0 aromatic carbocycles. The number of aromatic nitrogens is 3. The van der Waals surface area contributed by atoms with Crippen molar-refractivity contribution in [1.29, 1.82) is 0 Å². The average molecular weight is 202 g/mol. The van der Waals surface area contributed by atoms with Crippen molar-refractivity contribution in [2.45, 2.75) is 13.5 Å². The van der Waals surface area contributed by atoms with Gasteiger partial charge in [-0.3, -0.25) is 9.67 Å². The molecular weight excluding hydrogens is 188 g/mol. The highest BCUT2D eigenvalue weighted by Crippen LogP contribution is 2.08. The fraction of sp³-hybridized carbons (Fsp3) is 0.273. The van der Waals surface area contributed by atoms with Crippen molar-refractivity contribution < 1.29 is 0 Å². The third-order valence-corrected chi connectivity index (χ3v) is 2.27. The van der Waals surface area contributed by atoms with Crippen LogP contribution in [0.15, 0.2) is 30.7 Å². The molecule has 4 heteroatoms. The standard InChI is InChI=1S/C11H14N4/c1-9-5-10(7-12-6-9)13-8-11-3-4-14-15(11)2/h3-7,13H,8H2,1-2H3. The Morgan fingerprint density at radius 2 is 2.27 bits per heavy atom. The first-order valence-electron chi connectivity index (χ1n) is 4.88. The van der Waals surface area contributed by atoms with E-state index in [1.165, 1.54) is 0 Å². The van der Waals surface area contributed by atoms with Gasteiger partial charge in [0.1, 0.15) is 0 Å². The highest BCUT2D eigenvalue weighted by Gasteiger charge is 1.98. The second-order valence-electron chi connectivity index (χ2n) is 3.55. The van der Waals surface area contributed by atoms with E-state index in [4.69, 9.17) is 0 Å². The fourth-order valence-electron chi connectivity index (χ4n) is 1.42. The molecule has 15 heavy (non-hydrogen) atoms. The van der Waals surface area contributed by atoms with Crippen LogP contribution in [0.5, 0.6) is 0 Å². The Morgan fingerprint density at radius 1 is 1.40 bits per heavy atom. The highest BCUT2D eigenvalue weighted by atomic mass is 15.3. The fourth-order valence-corrected chi connectivity index (χ4v) is 1.42. The molecule has 0 spiro atoms. The summed E-state index contributed by atoms with van der Waals surface area (Å²) in [5, 5.41) is 7.41. The Morgan fingerprint density at radius 3 is 2.93 bits per heavy atom. The Bertz CT molecular complexity index is 447. The maximum Gasteiger partial charge on any atom is 0.0571 e.